The lowest BCUT2D eigenvalue weighted by Crippen LogP contribution is -2.06. The Labute approximate surface area is 263 Å². The van der Waals surface area contributed by atoms with Crippen LogP contribution in [0.25, 0.3) is 83.6 Å². The van der Waals surface area contributed by atoms with Gasteiger partial charge in [-0.05, 0) is 41.4 Å². The van der Waals surface area contributed by atoms with Gasteiger partial charge in [0.1, 0.15) is 11.2 Å². The zero-order valence-corrected chi connectivity index (χ0v) is 22.9. The van der Waals surface area contributed by atoms with Gasteiger partial charge in [0.25, 0.3) is 0 Å². The molecule has 0 radical (unpaired) electrons. The smallest absolute Gasteiger partial charge is 0.238 e. The van der Waals surface area contributed by atoms with Crippen LogP contribution in [0.1, 0.15) is 11.0 Å². The minimum absolute atomic E-state index is 0.0610. The summed E-state index contributed by atoms with van der Waals surface area (Å²) in [6, 6.07) is 26.9. The molecule has 3 heterocycles. The predicted molar refractivity (Wildman–Crippen MR) is 178 cm³/mol. The van der Waals surface area contributed by atoms with Crippen molar-refractivity contribution < 1.29 is 15.4 Å². The van der Waals surface area contributed by atoms with E-state index in [9.17, 15) is 0 Å². The van der Waals surface area contributed by atoms with E-state index >= 15 is 0 Å². The average Bonchev–Trinajstić information content (AvgIpc) is 3.75. The fourth-order valence-electron chi connectivity index (χ4n) is 5.75. The standard InChI is InChI=1S/C39H24N4O/c1-3-12-25(13-4-1)28-18-11-21-34-36(28)31-23-22-27(24-35(31)44-34)38-40-37(26-14-5-2-6-15-26)41-39(42-38)43-32-19-9-7-16-29(32)30-17-8-10-20-33(30)43/h1-24H/i7D,8D,9D,10D,16D,17D,19D,20D. The molecule has 0 aliphatic heterocycles. The molecule has 0 saturated carbocycles. The number of nitrogens with zero attached hydrogens (tertiary/aromatic N) is 4. The molecule has 9 aromatic rings. The van der Waals surface area contributed by atoms with E-state index in [0.717, 1.165) is 21.9 Å². The lowest BCUT2D eigenvalue weighted by Gasteiger charge is -2.11. The summed E-state index contributed by atoms with van der Waals surface area (Å²) < 4.78 is 76.9. The van der Waals surface area contributed by atoms with Crippen molar-refractivity contribution in [2.45, 2.75) is 0 Å². The summed E-state index contributed by atoms with van der Waals surface area (Å²) in [4.78, 5) is 14.4. The van der Waals surface area contributed by atoms with Crippen molar-refractivity contribution in [3.05, 3.63) is 145 Å². The van der Waals surface area contributed by atoms with Crippen LogP contribution in [-0.2, 0) is 0 Å². The second-order valence-electron chi connectivity index (χ2n) is 10.3. The number of fused-ring (bicyclic) bond motifs is 6. The summed E-state index contributed by atoms with van der Waals surface area (Å²) in [7, 11) is 0. The Morgan fingerprint density at radius 1 is 0.523 bits per heavy atom. The highest BCUT2D eigenvalue weighted by Crippen LogP contribution is 2.38. The normalized spacial score (nSPS) is 14.2. The first-order valence-corrected chi connectivity index (χ1v) is 14.0. The summed E-state index contributed by atoms with van der Waals surface area (Å²) in [6.45, 7) is 0. The van der Waals surface area contributed by atoms with E-state index in [1.807, 2.05) is 78.9 Å². The first-order chi connectivity index (χ1) is 25.1. The molecule has 0 aliphatic rings. The summed E-state index contributed by atoms with van der Waals surface area (Å²) in [5.41, 5.74) is 4.43. The van der Waals surface area contributed by atoms with Crippen molar-refractivity contribution in [3.8, 4) is 39.9 Å². The maximum Gasteiger partial charge on any atom is 0.238 e. The average molecular weight is 573 g/mol. The highest BCUT2D eigenvalue weighted by atomic mass is 16.3. The number of rotatable bonds is 4. The largest absolute Gasteiger partial charge is 0.456 e. The Bertz CT molecular complexity index is 2870. The second-order valence-corrected chi connectivity index (χ2v) is 10.3. The van der Waals surface area contributed by atoms with Crippen LogP contribution >= 0.6 is 0 Å². The fourth-order valence-corrected chi connectivity index (χ4v) is 5.75. The molecule has 5 heteroatoms. The molecule has 0 N–H and O–H groups in total. The van der Waals surface area contributed by atoms with Gasteiger partial charge < -0.3 is 4.42 Å². The quantitative estimate of drug-likeness (QED) is 0.211. The van der Waals surface area contributed by atoms with Crippen LogP contribution in [-0.4, -0.2) is 19.5 Å². The number of hydrogen-bond donors (Lipinski definition) is 0. The fraction of sp³-hybridized carbons (Fsp3) is 0. The molecule has 0 fully saturated rings. The zero-order valence-electron chi connectivity index (χ0n) is 30.9. The first-order valence-electron chi connectivity index (χ1n) is 18.0. The van der Waals surface area contributed by atoms with Crippen LogP contribution in [0.4, 0.5) is 0 Å². The van der Waals surface area contributed by atoms with Gasteiger partial charge in [-0.15, -0.1) is 0 Å². The predicted octanol–water partition coefficient (Wildman–Crippen LogP) is 9.87. The van der Waals surface area contributed by atoms with Crippen LogP contribution in [0.2, 0.25) is 0 Å². The van der Waals surface area contributed by atoms with E-state index in [2.05, 4.69) is 18.2 Å². The molecule has 206 valence electrons. The van der Waals surface area contributed by atoms with E-state index in [1.54, 1.807) is 0 Å². The maximum atomic E-state index is 8.94. The van der Waals surface area contributed by atoms with Gasteiger partial charge in [0, 0.05) is 32.7 Å². The topological polar surface area (TPSA) is 56.7 Å². The molecule has 0 atom stereocenters. The minimum atomic E-state index is -0.528. The highest BCUT2D eigenvalue weighted by Gasteiger charge is 2.19. The molecular weight excluding hydrogens is 540 g/mol. The van der Waals surface area contributed by atoms with Gasteiger partial charge in [-0.3, -0.25) is 4.57 Å². The molecule has 5 nitrogen and oxygen atoms in total. The lowest BCUT2D eigenvalue weighted by atomic mass is 9.99. The molecular formula is C39H24N4O. The number of benzene rings is 6. The van der Waals surface area contributed by atoms with E-state index in [1.165, 1.54) is 4.57 Å². The van der Waals surface area contributed by atoms with Crippen LogP contribution in [0.15, 0.2) is 150 Å². The molecule has 0 unspecified atom stereocenters. The Balaban J connectivity index is 1.36. The van der Waals surface area contributed by atoms with Gasteiger partial charge in [-0.2, -0.15) is 9.97 Å². The van der Waals surface area contributed by atoms with Gasteiger partial charge in [-0.25, -0.2) is 4.98 Å². The van der Waals surface area contributed by atoms with E-state index in [0.29, 0.717) is 22.3 Å². The Morgan fingerprint density at radius 2 is 1.16 bits per heavy atom. The van der Waals surface area contributed by atoms with Gasteiger partial charge in [0.2, 0.25) is 5.95 Å². The van der Waals surface area contributed by atoms with Crippen LogP contribution in [0.3, 0.4) is 0 Å². The summed E-state index contributed by atoms with van der Waals surface area (Å²) >= 11 is 0. The van der Waals surface area contributed by atoms with Crippen LogP contribution in [0, 0.1) is 0 Å². The monoisotopic (exact) mass is 572 g/mol. The van der Waals surface area contributed by atoms with Crippen molar-refractivity contribution in [1.29, 1.82) is 0 Å². The zero-order chi connectivity index (χ0) is 36.0. The van der Waals surface area contributed by atoms with Gasteiger partial charge >= 0.3 is 0 Å². The van der Waals surface area contributed by atoms with Crippen molar-refractivity contribution in [2.75, 3.05) is 0 Å². The molecule has 0 saturated heterocycles. The number of aromatic nitrogens is 4. The van der Waals surface area contributed by atoms with Gasteiger partial charge in [-0.1, -0.05) is 115 Å². The third kappa shape index (κ3) is 3.83. The Morgan fingerprint density at radius 3 is 1.86 bits per heavy atom. The van der Waals surface area contributed by atoms with Crippen LogP contribution < -0.4 is 0 Å². The lowest BCUT2D eigenvalue weighted by molar-refractivity contribution is 0.669. The SMILES string of the molecule is [2H]c1c([2H])c([2H])c2c(c1[2H])c1c([2H])c([2H])c([2H])c([2H])c1n2-c1nc(-c2ccccc2)nc(-c2ccc3c(c2)oc2cccc(-c4ccccc4)c23)n1. The van der Waals surface area contributed by atoms with E-state index in [-0.39, 0.29) is 39.4 Å². The molecule has 0 spiro atoms. The first kappa shape index (κ1) is 17.8. The second kappa shape index (κ2) is 9.75. The van der Waals surface area contributed by atoms with Crippen LogP contribution in [0.5, 0.6) is 0 Å². The van der Waals surface area contributed by atoms with E-state index in [4.69, 9.17) is 30.3 Å². The number of para-hydroxylation sites is 2. The Hall–Kier alpha value is -6.07. The highest BCUT2D eigenvalue weighted by molar-refractivity contribution is 6.13. The molecule has 0 aliphatic carbocycles. The van der Waals surface area contributed by atoms with Crippen molar-refractivity contribution in [1.82, 2.24) is 19.5 Å². The molecule has 0 amide bonds. The van der Waals surface area contributed by atoms with Crippen molar-refractivity contribution in [3.63, 3.8) is 0 Å². The molecule has 0 bridgehead atoms. The molecule has 9 rings (SSSR count). The summed E-state index contributed by atoms with van der Waals surface area (Å²) in [5.74, 6) is 0.370. The number of hydrogen-bond acceptors (Lipinski definition) is 4. The molecule has 6 aromatic carbocycles. The molecule has 44 heavy (non-hydrogen) atoms. The third-order valence-corrected chi connectivity index (χ3v) is 7.73. The Kier molecular flexibility index (Phi) is 3.94. The minimum Gasteiger partial charge on any atom is -0.456 e. The van der Waals surface area contributed by atoms with Gasteiger partial charge in [0.05, 0.1) is 22.0 Å². The molecule has 3 aromatic heterocycles. The van der Waals surface area contributed by atoms with Gasteiger partial charge in [0.15, 0.2) is 11.6 Å². The summed E-state index contributed by atoms with van der Waals surface area (Å²) in [6.07, 6.45) is 0. The van der Waals surface area contributed by atoms with Crippen molar-refractivity contribution in [2.24, 2.45) is 0 Å². The maximum absolute atomic E-state index is 8.94. The van der Waals surface area contributed by atoms with E-state index < -0.39 is 48.3 Å². The van der Waals surface area contributed by atoms with Crippen molar-refractivity contribution >= 4 is 43.7 Å². The third-order valence-electron chi connectivity index (χ3n) is 7.73. The number of furan rings is 1. The summed E-state index contributed by atoms with van der Waals surface area (Å²) in [5, 5.41) is 1.73.